The highest BCUT2D eigenvalue weighted by atomic mass is 19.4. The summed E-state index contributed by atoms with van der Waals surface area (Å²) in [7, 11) is 0. The number of benzene rings is 2. The van der Waals surface area contributed by atoms with Gasteiger partial charge in [-0.15, -0.1) is 0 Å². The van der Waals surface area contributed by atoms with Gasteiger partial charge in [-0.3, -0.25) is 14.7 Å². The lowest BCUT2D eigenvalue weighted by molar-refractivity contribution is -0.137. The fourth-order valence-corrected chi connectivity index (χ4v) is 3.31. The molecule has 2 heterocycles. The van der Waals surface area contributed by atoms with Crippen molar-refractivity contribution in [2.75, 3.05) is 10.6 Å². The van der Waals surface area contributed by atoms with Crippen LogP contribution in [0.1, 0.15) is 28.6 Å². The number of nitrogens with zero attached hydrogens (tertiary/aromatic N) is 3. The van der Waals surface area contributed by atoms with Gasteiger partial charge in [-0.1, -0.05) is 30.3 Å². The number of nitrogens with one attached hydrogen (secondary N) is 2. The average molecular weight is 413 g/mol. The molecule has 1 aromatic heterocycles. The second-order valence-corrected chi connectivity index (χ2v) is 6.97. The molecule has 0 aliphatic carbocycles. The summed E-state index contributed by atoms with van der Waals surface area (Å²) in [5.41, 5.74) is 1.39. The van der Waals surface area contributed by atoms with Crippen LogP contribution in [0.3, 0.4) is 0 Å². The van der Waals surface area contributed by atoms with Crippen LogP contribution in [-0.4, -0.2) is 15.5 Å². The predicted molar refractivity (Wildman–Crippen MR) is 109 cm³/mol. The molecule has 30 heavy (non-hydrogen) atoms. The Labute approximate surface area is 170 Å². The summed E-state index contributed by atoms with van der Waals surface area (Å²) >= 11 is 0. The van der Waals surface area contributed by atoms with Crippen LogP contribution in [0.4, 0.5) is 24.8 Å². The fourth-order valence-electron chi connectivity index (χ4n) is 3.31. The molecule has 2 N–H and O–H groups in total. The third-order valence-electron chi connectivity index (χ3n) is 4.73. The Kier molecular flexibility index (Phi) is 4.81. The van der Waals surface area contributed by atoms with Gasteiger partial charge in [-0.2, -0.15) is 13.2 Å². The maximum Gasteiger partial charge on any atom is 0.416 e. The number of alkyl halides is 3. The molecular formula is C21H18F3N5O. The van der Waals surface area contributed by atoms with E-state index in [1.807, 2.05) is 31.2 Å². The number of aliphatic imine (C=N–C) groups is 1. The van der Waals surface area contributed by atoms with E-state index in [1.165, 1.54) is 22.8 Å². The van der Waals surface area contributed by atoms with Gasteiger partial charge in [0.15, 0.2) is 6.17 Å². The molecule has 0 bridgehead atoms. The molecule has 6 nitrogen and oxygen atoms in total. The van der Waals surface area contributed by atoms with Crippen molar-refractivity contribution in [1.82, 2.24) is 9.55 Å². The highest BCUT2D eigenvalue weighted by Crippen LogP contribution is 2.31. The minimum Gasteiger partial charge on any atom is -0.326 e. The van der Waals surface area contributed by atoms with Crippen LogP contribution >= 0.6 is 0 Å². The van der Waals surface area contributed by atoms with Crippen molar-refractivity contribution in [3.8, 4) is 0 Å². The summed E-state index contributed by atoms with van der Waals surface area (Å²) in [5.74, 6) is 0.456. The Hall–Kier alpha value is -3.62. The molecule has 0 spiro atoms. The Morgan fingerprint density at radius 1 is 1.07 bits per heavy atom. The molecule has 1 atom stereocenters. The van der Waals surface area contributed by atoms with Gasteiger partial charge in [-0.05, 0) is 37.6 Å². The van der Waals surface area contributed by atoms with Crippen LogP contribution in [-0.2, 0) is 6.18 Å². The molecule has 0 fully saturated rings. The number of rotatable bonds is 2. The average Bonchev–Trinajstić information content (AvgIpc) is 2.67. The molecule has 1 aliphatic rings. The van der Waals surface area contributed by atoms with Crippen molar-refractivity contribution >= 4 is 17.6 Å². The molecule has 0 amide bonds. The Morgan fingerprint density at radius 2 is 1.83 bits per heavy atom. The largest absolute Gasteiger partial charge is 0.416 e. The first-order chi connectivity index (χ1) is 14.2. The van der Waals surface area contributed by atoms with Crippen molar-refractivity contribution in [2.24, 2.45) is 4.99 Å². The molecule has 0 unspecified atom stereocenters. The van der Waals surface area contributed by atoms with E-state index in [1.54, 1.807) is 6.92 Å². The zero-order valence-corrected chi connectivity index (χ0v) is 16.2. The van der Waals surface area contributed by atoms with E-state index >= 15 is 0 Å². The van der Waals surface area contributed by atoms with Crippen LogP contribution in [0.5, 0.6) is 0 Å². The van der Waals surface area contributed by atoms with Crippen molar-refractivity contribution in [2.45, 2.75) is 26.2 Å². The number of halogens is 3. The first-order valence-corrected chi connectivity index (χ1v) is 9.17. The number of aryl methyl sites for hydroxylation is 2. The van der Waals surface area contributed by atoms with Gasteiger partial charge >= 0.3 is 6.18 Å². The van der Waals surface area contributed by atoms with Crippen LogP contribution in [0, 0.1) is 13.8 Å². The van der Waals surface area contributed by atoms with E-state index in [0.717, 1.165) is 23.3 Å². The highest BCUT2D eigenvalue weighted by Gasteiger charge is 2.31. The smallest absolute Gasteiger partial charge is 0.326 e. The van der Waals surface area contributed by atoms with E-state index < -0.39 is 17.9 Å². The minimum atomic E-state index is -4.46. The topological polar surface area (TPSA) is 71.3 Å². The summed E-state index contributed by atoms with van der Waals surface area (Å²) in [6, 6.07) is 13.7. The standard InChI is InChI=1S/C21H18F3N5O/c1-12-6-3-4-9-16(12)18-27-19(28-20-25-13(2)10-17(30)29(18)20)26-15-8-5-7-14(11-15)21(22,23)24/h3-11,18H,1-2H3,(H2,25,26,27,28)/t18-/m0/s1. The molecule has 2 aromatic carbocycles. The van der Waals surface area contributed by atoms with Crippen LogP contribution in [0.2, 0.25) is 0 Å². The lowest BCUT2D eigenvalue weighted by atomic mass is 10.1. The number of fused-ring (bicyclic) bond motifs is 1. The van der Waals surface area contributed by atoms with Crippen molar-refractivity contribution in [3.05, 3.63) is 87.3 Å². The van der Waals surface area contributed by atoms with Gasteiger partial charge in [0, 0.05) is 23.0 Å². The predicted octanol–water partition coefficient (Wildman–Crippen LogP) is 4.32. The molecule has 3 aromatic rings. The third-order valence-corrected chi connectivity index (χ3v) is 4.73. The van der Waals surface area contributed by atoms with E-state index in [4.69, 9.17) is 0 Å². The summed E-state index contributed by atoms with van der Waals surface area (Å²) in [6.45, 7) is 3.59. The zero-order valence-electron chi connectivity index (χ0n) is 16.2. The molecular weight excluding hydrogens is 395 g/mol. The maximum absolute atomic E-state index is 13.0. The van der Waals surface area contributed by atoms with E-state index in [-0.39, 0.29) is 23.2 Å². The second kappa shape index (κ2) is 7.33. The highest BCUT2D eigenvalue weighted by molar-refractivity contribution is 6.03. The van der Waals surface area contributed by atoms with Crippen molar-refractivity contribution in [3.63, 3.8) is 0 Å². The molecule has 0 saturated heterocycles. The number of aromatic nitrogens is 2. The first kappa shape index (κ1) is 19.7. The quantitative estimate of drug-likeness (QED) is 0.657. The summed E-state index contributed by atoms with van der Waals surface area (Å²) in [4.78, 5) is 21.6. The van der Waals surface area contributed by atoms with Gasteiger partial charge in [0.1, 0.15) is 0 Å². The summed E-state index contributed by atoms with van der Waals surface area (Å²) in [5, 5.41) is 5.79. The first-order valence-electron chi connectivity index (χ1n) is 9.17. The zero-order chi connectivity index (χ0) is 21.5. The maximum atomic E-state index is 13.0. The number of hydrogen-bond donors (Lipinski definition) is 2. The van der Waals surface area contributed by atoms with Crippen LogP contribution in [0.25, 0.3) is 0 Å². The van der Waals surface area contributed by atoms with Gasteiger partial charge in [0.25, 0.3) is 5.56 Å². The Morgan fingerprint density at radius 3 is 2.57 bits per heavy atom. The van der Waals surface area contributed by atoms with Crippen molar-refractivity contribution in [1.29, 1.82) is 0 Å². The minimum absolute atomic E-state index is 0.195. The second-order valence-electron chi connectivity index (χ2n) is 6.97. The van der Waals surface area contributed by atoms with E-state index in [9.17, 15) is 18.0 Å². The van der Waals surface area contributed by atoms with Gasteiger partial charge < -0.3 is 5.32 Å². The van der Waals surface area contributed by atoms with E-state index in [0.29, 0.717) is 5.69 Å². The van der Waals surface area contributed by atoms with Gasteiger partial charge in [0.05, 0.1) is 5.56 Å². The third kappa shape index (κ3) is 3.78. The lowest BCUT2D eigenvalue weighted by Gasteiger charge is -2.28. The molecule has 154 valence electrons. The molecule has 0 radical (unpaired) electrons. The lowest BCUT2D eigenvalue weighted by Crippen LogP contribution is -2.38. The fraction of sp³-hybridized carbons (Fsp3) is 0.190. The molecule has 0 saturated carbocycles. The molecule has 9 heteroatoms. The normalized spacial score (nSPS) is 15.8. The summed E-state index contributed by atoms with van der Waals surface area (Å²) < 4.78 is 40.5. The van der Waals surface area contributed by atoms with Crippen LogP contribution < -0.4 is 16.2 Å². The van der Waals surface area contributed by atoms with Crippen molar-refractivity contribution < 1.29 is 13.2 Å². The molecule has 1 aliphatic heterocycles. The number of guanidine groups is 1. The van der Waals surface area contributed by atoms with E-state index in [2.05, 4.69) is 20.6 Å². The van der Waals surface area contributed by atoms with Gasteiger partial charge in [-0.25, -0.2) is 9.98 Å². The Bertz CT molecular complexity index is 1200. The Balaban J connectivity index is 1.78. The summed E-state index contributed by atoms with van der Waals surface area (Å²) in [6.07, 6.45) is -5.17. The SMILES string of the molecule is Cc1cc(=O)n2c(n1)NC(Nc1cccc(C(F)(F)F)c1)=N[C@@H]2c1ccccc1C. The monoisotopic (exact) mass is 413 g/mol. The number of hydrogen-bond acceptors (Lipinski definition) is 5. The molecule has 4 rings (SSSR count). The van der Waals surface area contributed by atoms with Crippen LogP contribution in [0.15, 0.2) is 64.4 Å². The number of anilines is 2. The van der Waals surface area contributed by atoms with Gasteiger partial charge in [0.2, 0.25) is 11.9 Å².